The summed E-state index contributed by atoms with van der Waals surface area (Å²) in [6, 6.07) is 10.5. The third-order valence-electron chi connectivity index (χ3n) is 2.88. The molecule has 1 heterocycles. The third-order valence-corrected chi connectivity index (χ3v) is 3.74. The minimum absolute atomic E-state index is 0.307. The summed E-state index contributed by atoms with van der Waals surface area (Å²) in [6.07, 6.45) is 0. The predicted molar refractivity (Wildman–Crippen MR) is 82.5 cm³/mol. The first-order chi connectivity index (χ1) is 9.61. The summed E-state index contributed by atoms with van der Waals surface area (Å²) in [5, 5.41) is 3.91. The van der Waals surface area contributed by atoms with Gasteiger partial charge in [0, 0.05) is 16.8 Å². The number of hydrogen-bond acceptors (Lipinski definition) is 2. The zero-order valence-corrected chi connectivity index (χ0v) is 12.6. The molecule has 0 saturated carbocycles. The molecule has 3 nitrogen and oxygen atoms in total. The summed E-state index contributed by atoms with van der Waals surface area (Å²) in [5.74, 6) is 0.436. The molecule has 0 spiro atoms. The molecule has 0 fully saturated rings. The van der Waals surface area contributed by atoms with Crippen LogP contribution in [0.5, 0.6) is 0 Å². The van der Waals surface area contributed by atoms with Crippen LogP contribution in [0.3, 0.4) is 0 Å². The lowest BCUT2D eigenvalue weighted by Gasteiger charge is -2.03. The van der Waals surface area contributed by atoms with E-state index >= 15 is 0 Å². The van der Waals surface area contributed by atoms with Gasteiger partial charge in [0.2, 0.25) is 0 Å². The van der Waals surface area contributed by atoms with Crippen molar-refractivity contribution < 1.29 is 4.39 Å². The van der Waals surface area contributed by atoms with Gasteiger partial charge in [0.05, 0.1) is 22.1 Å². The Hall–Kier alpha value is -1.59. The molecule has 0 unspecified atom stereocenters. The van der Waals surface area contributed by atoms with E-state index in [-0.39, 0.29) is 5.82 Å². The summed E-state index contributed by atoms with van der Waals surface area (Å²) >= 11 is 8.98. The quantitative estimate of drug-likeness (QED) is 0.714. The molecule has 0 atom stereocenters. The van der Waals surface area contributed by atoms with Crippen molar-refractivity contribution in [2.24, 2.45) is 0 Å². The van der Waals surface area contributed by atoms with Crippen LogP contribution in [0.25, 0.3) is 11.0 Å². The second-order valence-corrected chi connectivity index (χ2v) is 5.62. The second kappa shape index (κ2) is 5.42. The molecule has 2 aromatic carbocycles. The Balaban J connectivity index is 1.79. The number of nitrogens with zero attached hydrogens (tertiary/aromatic N) is 1. The van der Waals surface area contributed by atoms with E-state index < -0.39 is 0 Å². The number of imidazole rings is 1. The lowest BCUT2D eigenvalue weighted by molar-refractivity contribution is 0.623. The van der Waals surface area contributed by atoms with Gasteiger partial charge in [-0.05, 0) is 46.3 Å². The molecule has 0 aliphatic carbocycles. The fourth-order valence-corrected chi connectivity index (χ4v) is 2.35. The topological polar surface area (TPSA) is 40.7 Å². The number of anilines is 1. The highest BCUT2D eigenvalue weighted by Gasteiger charge is 2.07. The Bertz CT molecular complexity index is 716. The Morgan fingerprint density at radius 1 is 1.25 bits per heavy atom. The van der Waals surface area contributed by atoms with Crippen molar-refractivity contribution in [2.75, 3.05) is 5.32 Å². The summed E-state index contributed by atoms with van der Waals surface area (Å²) in [6.45, 7) is 0.523. The maximum absolute atomic E-state index is 13.4. The van der Waals surface area contributed by atoms with Gasteiger partial charge in [0.1, 0.15) is 11.6 Å². The predicted octanol–water partition coefficient (Wildman–Crippen LogP) is 4.73. The lowest BCUT2D eigenvalue weighted by Crippen LogP contribution is -2.00. The lowest BCUT2D eigenvalue weighted by atomic mass is 10.3. The van der Waals surface area contributed by atoms with Crippen molar-refractivity contribution in [2.45, 2.75) is 6.54 Å². The van der Waals surface area contributed by atoms with E-state index in [2.05, 4.69) is 31.2 Å². The van der Waals surface area contributed by atoms with Gasteiger partial charge in [-0.15, -0.1) is 0 Å². The first-order valence-electron chi connectivity index (χ1n) is 5.95. The van der Waals surface area contributed by atoms with E-state index in [1.165, 1.54) is 6.07 Å². The van der Waals surface area contributed by atoms with Crippen LogP contribution in [0.4, 0.5) is 10.1 Å². The molecule has 3 aromatic rings. The highest BCUT2D eigenvalue weighted by Crippen LogP contribution is 2.22. The van der Waals surface area contributed by atoms with Gasteiger partial charge in [-0.3, -0.25) is 0 Å². The van der Waals surface area contributed by atoms with Crippen LogP contribution in [0.1, 0.15) is 5.82 Å². The Morgan fingerprint density at radius 2 is 2.00 bits per heavy atom. The third kappa shape index (κ3) is 2.78. The van der Waals surface area contributed by atoms with Gasteiger partial charge in [-0.25, -0.2) is 9.37 Å². The van der Waals surface area contributed by atoms with Gasteiger partial charge in [-0.1, -0.05) is 11.6 Å². The molecular weight excluding hydrogens is 345 g/mol. The van der Waals surface area contributed by atoms with Gasteiger partial charge in [-0.2, -0.15) is 0 Å². The molecule has 0 aliphatic heterocycles. The zero-order chi connectivity index (χ0) is 14.1. The number of benzene rings is 2. The van der Waals surface area contributed by atoms with Gasteiger partial charge >= 0.3 is 0 Å². The van der Waals surface area contributed by atoms with E-state index in [1.54, 1.807) is 6.07 Å². The maximum atomic E-state index is 13.4. The van der Waals surface area contributed by atoms with Crippen molar-refractivity contribution >= 4 is 44.3 Å². The smallest absolute Gasteiger partial charge is 0.139 e. The number of hydrogen-bond donors (Lipinski definition) is 2. The van der Waals surface area contributed by atoms with Crippen LogP contribution in [-0.2, 0) is 6.54 Å². The van der Waals surface area contributed by atoms with E-state index in [4.69, 9.17) is 11.6 Å². The number of aromatic nitrogens is 2. The molecule has 6 heteroatoms. The summed E-state index contributed by atoms with van der Waals surface area (Å²) in [7, 11) is 0. The minimum Gasteiger partial charge on any atom is -0.378 e. The van der Waals surface area contributed by atoms with Crippen molar-refractivity contribution in [1.82, 2.24) is 9.97 Å². The molecule has 0 saturated heterocycles. The van der Waals surface area contributed by atoms with E-state index in [1.807, 2.05) is 24.3 Å². The van der Waals surface area contributed by atoms with Crippen LogP contribution in [0.15, 0.2) is 40.9 Å². The van der Waals surface area contributed by atoms with Crippen molar-refractivity contribution in [3.05, 3.63) is 57.5 Å². The molecule has 1 aromatic heterocycles. The Kier molecular flexibility index (Phi) is 3.63. The van der Waals surface area contributed by atoms with E-state index in [0.717, 1.165) is 17.0 Å². The van der Waals surface area contributed by atoms with Crippen molar-refractivity contribution in [3.8, 4) is 0 Å². The standard InChI is InChI=1S/C14H10BrClFN3/c15-10-5-12-13(6-11(10)17)20-14(19-12)7-18-9-3-1-8(16)2-4-9/h1-6,18H,7H2,(H,19,20). The minimum atomic E-state index is -0.307. The SMILES string of the molecule is Fc1cc2[nH]c(CNc3ccc(Cl)cc3)nc2cc1Br. The fraction of sp³-hybridized carbons (Fsp3) is 0.0714. The summed E-state index contributed by atoms with van der Waals surface area (Å²) in [5.41, 5.74) is 2.35. The molecular formula is C14H10BrClFN3. The molecule has 102 valence electrons. The van der Waals surface area contributed by atoms with Gasteiger partial charge < -0.3 is 10.3 Å². The number of rotatable bonds is 3. The van der Waals surface area contributed by atoms with Gasteiger partial charge in [0.25, 0.3) is 0 Å². The largest absolute Gasteiger partial charge is 0.378 e. The van der Waals surface area contributed by atoms with Crippen molar-refractivity contribution in [3.63, 3.8) is 0 Å². The molecule has 20 heavy (non-hydrogen) atoms. The van der Waals surface area contributed by atoms with E-state index in [9.17, 15) is 4.39 Å². The first-order valence-corrected chi connectivity index (χ1v) is 7.12. The Morgan fingerprint density at radius 3 is 2.75 bits per heavy atom. The fourth-order valence-electron chi connectivity index (χ4n) is 1.90. The summed E-state index contributed by atoms with van der Waals surface area (Å²) in [4.78, 5) is 7.49. The van der Waals surface area contributed by atoms with Crippen LogP contribution in [-0.4, -0.2) is 9.97 Å². The Labute approximate surface area is 128 Å². The number of aromatic amines is 1. The van der Waals surface area contributed by atoms with Crippen molar-refractivity contribution in [1.29, 1.82) is 0 Å². The van der Waals surface area contributed by atoms with Gasteiger partial charge in [0.15, 0.2) is 0 Å². The number of H-pyrrole nitrogens is 1. The van der Waals surface area contributed by atoms with E-state index in [0.29, 0.717) is 21.6 Å². The number of halogens is 3. The second-order valence-electron chi connectivity index (χ2n) is 4.33. The normalized spacial score (nSPS) is 10.9. The molecule has 0 radical (unpaired) electrons. The number of nitrogens with one attached hydrogen (secondary N) is 2. The van der Waals surface area contributed by atoms with Crippen LogP contribution >= 0.6 is 27.5 Å². The van der Waals surface area contributed by atoms with Crippen LogP contribution in [0, 0.1) is 5.82 Å². The highest BCUT2D eigenvalue weighted by atomic mass is 79.9. The molecule has 0 bridgehead atoms. The maximum Gasteiger partial charge on any atom is 0.139 e. The molecule has 0 aliphatic rings. The average molecular weight is 355 g/mol. The van der Waals surface area contributed by atoms with Crippen LogP contribution in [0.2, 0.25) is 5.02 Å². The molecule has 3 rings (SSSR count). The monoisotopic (exact) mass is 353 g/mol. The highest BCUT2D eigenvalue weighted by molar-refractivity contribution is 9.10. The molecule has 2 N–H and O–H groups in total. The number of fused-ring (bicyclic) bond motifs is 1. The first kappa shape index (κ1) is 13.4. The zero-order valence-electron chi connectivity index (χ0n) is 10.3. The van der Waals surface area contributed by atoms with Crippen LogP contribution < -0.4 is 5.32 Å². The molecule has 0 amide bonds. The average Bonchev–Trinajstić information content (AvgIpc) is 2.80. The summed E-state index contributed by atoms with van der Waals surface area (Å²) < 4.78 is 13.8.